The summed E-state index contributed by atoms with van der Waals surface area (Å²) in [5.74, 6) is 2.39. The summed E-state index contributed by atoms with van der Waals surface area (Å²) in [6.45, 7) is 3.51. The zero-order valence-corrected chi connectivity index (χ0v) is 15.9. The Balaban J connectivity index is 1.30. The third kappa shape index (κ3) is 4.07. The molecule has 0 N–H and O–H groups in total. The first-order valence-corrected chi connectivity index (χ1v) is 9.83. The zero-order chi connectivity index (χ0) is 18.6. The lowest BCUT2D eigenvalue weighted by atomic mass is 9.92. The first-order chi connectivity index (χ1) is 13.2. The lowest BCUT2D eigenvalue weighted by Crippen LogP contribution is -2.39. The molecule has 2 aliphatic heterocycles. The van der Waals surface area contributed by atoms with E-state index in [0.29, 0.717) is 24.1 Å². The Morgan fingerprint density at radius 3 is 2.63 bits per heavy atom. The molecule has 0 atom stereocenters. The number of piperidine rings is 1. The molecule has 4 rings (SSSR count). The van der Waals surface area contributed by atoms with Crippen LogP contribution in [0.1, 0.15) is 30.4 Å². The van der Waals surface area contributed by atoms with Gasteiger partial charge >= 0.3 is 0 Å². The third-order valence-corrected chi connectivity index (χ3v) is 5.80. The first-order valence-electron chi connectivity index (χ1n) is 9.83. The van der Waals surface area contributed by atoms with Gasteiger partial charge in [0.25, 0.3) is 0 Å². The number of fused-ring (bicyclic) bond motifs is 1. The molecular weight excluding hydrogens is 338 g/mol. The molecule has 142 valence electrons. The quantitative estimate of drug-likeness (QED) is 0.834. The Kier molecular flexibility index (Phi) is 5.28. The van der Waals surface area contributed by atoms with E-state index in [9.17, 15) is 4.79 Å². The molecule has 27 heavy (non-hydrogen) atoms. The Hall–Kier alpha value is -2.56. The van der Waals surface area contributed by atoms with Gasteiger partial charge in [0.05, 0.1) is 7.11 Å². The Morgan fingerprint density at radius 1 is 1.07 bits per heavy atom. The van der Waals surface area contributed by atoms with Gasteiger partial charge < -0.3 is 14.5 Å². The summed E-state index contributed by atoms with van der Waals surface area (Å²) in [4.78, 5) is 21.7. The molecule has 0 spiro atoms. The molecule has 3 heterocycles. The summed E-state index contributed by atoms with van der Waals surface area (Å²) in [5, 5.41) is 0. The van der Waals surface area contributed by atoms with Crippen LogP contribution in [0, 0.1) is 5.92 Å². The second-order valence-corrected chi connectivity index (χ2v) is 7.51. The normalized spacial score (nSPS) is 17.5. The van der Waals surface area contributed by atoms with Gasteiger partial charge in [0.15, 0.2) is 0 Å². The maximum Gasteiger partial charge on any atom is 0.223 e. The Labute approximate surface area is 161 Å². The van der Waals surface area contributed by atoms with Crippen molar-refractivity contribution in [2.24, 2.45) is 5.92 Å². The van der Waals surface area contributed by atoms with Gasteiger partial charge in [-0.15, -0.1) is 0 Å². The number of pyridine rings is 1. The minimum atomic E-state index is 0.308. The van der Waals surface area contributed by atoms with Crippen molar-refractivity contribution >= 4 is 11.7 Å². The number of aromatic nitrogens is 1. The van der Waals surface area contributed by atoms with Crippen molar-refractivity contribution in [3.05, 3.63) is 53.6 Å². The third-order valence-electron chi connectivity index (χ3n) is 5.80. The molecule has 0 radical (unpaired) electrons. The van der Waals surface area contributed by atoms with Crippen LogP contribution in [0.4, 0.5) is 5.82 Å². The van der Waals surface area contributed by atoms with Crippen LogP contribution < -0.4 is 9.64 Å². The molecule has 5 nitrogen and oxygen atoms in total. The Bertz CT molecular complexity index is 800. The number of carbonyl (C=O) groups excluding carboxylic acids is 1. The number of benzene rings is 1. The van der Waals surface area contributed by atoms with Gasteiger partial charge in [-0.1, -0.05) is 30.3 Å². The molecule has 5 heteroatoms. The molecule has 1 aromatic carbocycles. The predicted molar refractivity (Wildman–Crippen MR) is 106 cm³/mol. The van der Waals surface area contributed by atoms with E-state index in [0.717, 1.165) is 51.3 Å². The molecule has 0 saturated carbocycles. The molecule has 0 bridgehead atoms. The van der Waals surface area contributed by atoms with E-state index in [2.05, 4.69) is 34.1 Å². The standard InChI is InChI=1S/C22H27N3O2/c1-27-21-8-4-7-20(23-21)24-12-9-17(10-13-24)15-22(26)25-14-11-18-5-2-3-6-19(18)16-25/h2-8,17H,9-16H2,1H3. The van der Waals surface area contributed by atoms with Crippen LogP contribution in [0.15, 0.2) is 42.5 Å². The van der Waals surface area contributed by atoms with E-state index in [1.807, 2.05) is 23.1 Å². The average Bonchev–Trinajstić information content (AvgIpc) is 2.74. The molecule has 0 aliphatic carbocycles. The van der Waals surface area contributed by atoms with E-state index in [-0.39, 0.29) is 0 Å². The number of hydrogen-bond donors (Lipinski definition) is 0. The fourth-order valence-corrected chi connectivity index (χ4v) is 4.14. The van der Waals surface area contributed by atoms with E-state index < -0.39 is 0 Å². The topological polar surface area (TPSA) is 45.7 Å². The summed E-state index contributed by atoms with van der Waals surface area (Å²) in [5.41, 5.74) is 2.69. The van der Waals surface area contributed by atoms with Crippen molar-refractivity contribution in [3.8, 4) is 5.88 Å². The average molecular weight is 365 g/mol. The van der Waals surface area contributed by atoms with Gasteiger partial charge in [-0.3, -0.25) is 4.79 Å². The highest BCUT2D eigenvalue weighted by molar-refractivity contribution is 5.76. The van der Waals surface area contributed by atoms with Crippen LogP contribution >= 0.6 is 0 Å². The molecule has 1 amide bonds. The number of ether oxygens (including phenoxy) is 1. The summed E-state index contributed by atoms with van der Waals surface area (Å²) < 4.78 is 5.22. The maximum absolute atomic E-state index is 12.8. The summed E-state index contributed by atoms with van der Waals surface area (Å²) in [6, 6.07) is 14.3. The highest BCUT2D eigenvalue weighted by Gasteiger charge is 2.26. The highest BCUT2D eigenvalue weighted by atomic mass is 16.5. The lowest BCUT2D eigenvalue weighted by molar-refractivity contribution is -0.133. The van der Waals surface area contributed by atoms with Crippen molar-refractivity contribution in [2.45, 2.75) is 32.2 Å². The Morgan fingerprint density at radius 2 is 1.85 bits per heavy atom. The minimum absolute atomic E-state index is 0.308. The molecule has 0 unspecified atom stereocenters. The van der Waals surface area contributed by atoms with Gasteiger partial charge in [0.2, 0.25) is 11.8 Å². The van der Waals surface area contributed by atoms with Crippen molar-refractivity contribution in [1.29, 1.82) is 0 Å². The lowest BCUT2D eigenvalue weighted by Gasteiger charge is -2.34. The number of hydrogen-bond acceptors (Lipinski definition) is 4. The zero-order valence-electron chi connectivity index (χ0n) is 15.9. The largest absolute Gasteiger partial charge is 0.481 e. The monoisotopic (exact) mass is 365 g/mol. The first kappa shape index (κ1) is 17.8. The van der Waals surface area contributed by atoms with Crippen molar-refractivity contribution in [3.63, 3.8) is 0 Å². The molecule has 1 fully saturated rings. The van der Waals surface area contributed by atoms with Crippen molar-refractivity contribution in [1.82, 2.24) is 9.88 Å². The molecule has 2 aromatic rings. The number of nitrogens with zero attached hydrogens (tertiary/aromatic N) is 3. The van der Waals surface area contributed by atoms with Gasteiger partial charge in [-0.2, -0.15) is 4.98 Å². The van der Waals surface area contributed by atoms with Crippen molar-refractivity contribution in [2.75, 3.05) is 31.6 Å². The molecule has 1 saturated heterocycles. The second kappa shape index (κ2) is 7.99. The van der Waals surface area contributed by atoms with Gasteiger partial charge in [0, 0.05) is 38.7 Å². The summed E-state index contributed by atoms with van der Waals surface area (Å²) in [6.07, 6.45) is 3.72. The van der Waals surface area contributed by atoms with Gasteiger partial charge in [0.1, 0.15) is 5.82 Å². The fourth-order valence-electron chi connectivity index (χ4n) is 4.14. The summed E-state index contributed by atoms with van der Waals surface area (Å²) in [7, 11) is 1.64. The van der Waals surface area contributed by atoms with E-state index in [1.165, 1.54) is 11.1 Å². The number of amides is 1. The van der Waals surface area contributed by atoms with Crippen LogP contribution in [0.5, 0.6) is 5.88 Å². The summed E-state index contributed by atoms with van der Waals surface area (Å²) >= 11 is 0. The van der Waals surface area contributed by atoms with Gasteiger partial charge in [-0.25, -0.2) is 0 Å². The van der Waals surface area contributed by atoms with Crippen molar-refractivity contribution < 1.29 is 9.53 Å². The van der Waals surface area contributed by atoms with E-state index >= 15 is 0 Å². The molecular formula is C22H27N3O2. The van der Waals surface area contributed by atoms with Gasteiger partial charge in [-0.05, 0) is 42.4 Å². The van der Waals surface area contributed by atoms with Crippen LogP contribution in [0.3, 0.4) is 0 Å². The van der Waals surface area contributed by atoms with Crippen LogP contribution in [0.2, 0.25) is 0 Å². The predicted octanol–water partition coefficient (Wildman–Crippen LogP) is 3.28. The smallest absolute Gasteiger partial charge is 0.223 e. The molecule has 2 aliphatic rings. The molecule has 1 aromatic heterocycles. The van der Waals surface area contributed by atoms with Crippen LogP contribution in [0.25, 0.3) is 0 Å². The fraction of sp³-hybridized carbons (Fsp3) is 0.455. The van der Waals surface area contributed by atoms with Crippen LogP contribution in [-0.2, 0) is 17.8 Å². The number of methoxy groups -OCH3 is 1. The second-order valence-electron chi connectivity index (χ2n) is 7.51. The number of rotatable bonds is 4. The van der Waals surface area contributed by atoms with E-state index in [1.54, 1.807) is 7.11 Å². The van der Waals surface area contributed by atoms with Crippen LogP contribution in [-0.4, -0.2) is 42.5 Å². The minimum Gasteiger partial charge on any atom is -0.481 e. The maximum atomic E-state index is 12.8. The highest BCUT2D eigenvalue weighted by Crippen LogP contribution is 2.27. The number of carbonyl (C=O) groups is 1. The SMILES string of the molecule is COc1cccc(N2CCC(CC(=O)N3CCc4ccccc4C3)CC2)n1. The van der Waals surface area contributed by atoms with E-state index in [4.69, 9.17) is 4.74 Å². The number of anilines is 1.